The molecule has 2 heterocycles. The van der Waals surface area contributed by atoms with Crippen molar-refractivity contribution in [3.8, 4) is 17.2 Å². The lowest BCUT2D eigenvalue weighted by atomic mass is 9.98. The van der Waals surface area contributed by atoms with E-state index < -0.39 is 5.82 Å². The number of fused-ring (bicyclic) bond motifs is 1. The molecular formula is C22H17ClFN3O3. The van der Waals surface area contributed by atoms with E-state index in [-0.39, 0.29) is 28.0 Å². The number of aryl methyl sites for hydroxylation is 1. The van der Waals surface area contributed by atoms with E-state index in [0.29, 0.717) is 33.5 Å². The maximum atomic E-state index is 14.3. The van der Waals surface area contributed by atoms with Crippen LogP contribution in [0, 0.1) is 12.7 Å². The van der Waals surface area contributed by atoms with E-state index in [1.165, 1.54) is 25.4 Å². The molecule has 0 amide bonds. The molecule has 4 aromatic rings. The van der Waals surface area contributed by atoms with Crippen LogP contribution in [-0.4, -0.2) is 22.9 Å². The van der Waals surface area contributed by atoms with Gasteiger partial charge in [0.1, 0.15) is 11.4 Å². The van der Waals surface area contributed by atoms with Gasteiger partial charge in [-0.3, -0.25) is 4.79 Å². The summed E-state index contributed by atoms with van der Waals surface area (Å²) in [7, 11) is 1.38. The zero-order valence-electron chi connectivity index (χ0n) is 16.1. The van der Waals surface area contributed by atoms with Crippen molar-refractivity contribution >= 4 is 34.1 Å². The van der Waals surface area contributed by atoms with Crippen LogP contribution in [0.2, 0.25) is 5.02 Å². The van der Waals surface area contributed by atoms with Crippen LogP contribution in [0.15, 0.2) is 48.8 Å². The van der Waals surface area contributed by atoms with Crippen molar-refractivity contribution < 1.29 is 18.7 Å². The van der Waals surface area contributed by atoms with Crippen LogP contribution < -0.4 is 15.2 Å². The lowest BCUT2D eigenvalue weighted by Crippen LogP contribution is -2.04. The molecule has 0 saturated carbocycles. The van der Waals surface area contributed by atoms with Crippen molar-refractivity contribution in [2.45, 2.75) is 6.92 Å². The minimum atomic E-state index is -0.601. The van der Waals surface area contributed by atoms with Gasteiger partial charge in [-0.05, 0) is 42.8 Å². The molecular weight excluding hydrogens is 409 g/mol. The number of ketones is 1. The van der Waals surface area contributed by atoms with E-state index in [1.807, 2.05) is 0 Å². The van der Waals surface area contributed by atoms with E-state index in [2.05, 4.69) is 9.97 Å². The number of nitrogens with one attached hydrogen (secondary N) is 1. The van der Waals surface area contributed by atoms with Crippen molar-refractivity contribution in [2.24, 2.45) is 0 Å². The summed E-state index contributed by atoms with van der Waals surface area (Å²) in [6.45, 7) is 1.77. The molecule has 0 radical (unpaired) electrons. The van der Waals surface area contributed by atoms with Crippen LogP contribution in [0.3, 0.4) is 0 Å². The number of hydrogen-bond acceptors (Lipinski definition) is 5. The highest BCUT2D eigenvalue weighted by atomic mass is 35.5. The van der Waals surface area contributed by atoms with Crippen molar-refractivity contribution in [2.75, 3.05) is 12.8 Å². The number of aromatic nitrogens is 2. The van der Waals surface area contributed by atoms with Crippen LogP contribution in [0.25, 0.3) is 11.0 Å². The molecule has 0 spiro atoms. The first-order valence-electron chi connectivity index (χ1n) is 8.97. The first-order chi connectivity index (χ1) is 14.4. The summed E-state index contributed by atoms with van der Waals surface area (Å²) < 4.78 is 24.9. The van der Waals surface area contributed by atoms with Crippen LogP contribution in [0.5, 0.6) is 17.2 Å². The molecule has 8 heteroatoms. The zero-order chi connectivity index (χ0) is 21.4. The van der Waals surface area contributed by atoms with Crippen molar-refractivity contribution in [1.29, 1.82) is 0 Å². The Kier molecular flexibility index (Phi) is 5.05. The smallest absolute Gasteiger partial charge is 0.207 e. The van der Waals surface area contributed by atoms with Gasteiger partial charge in [0.05, 0.1) is 35.0 Å². The molecule has 6 nitrogen and oxygen atoms in total. The van der Waals surface area contributed by atoms with Crippen molar-refractivity contribution in [1.82, 2.24) is 9.97 Å². The molecule has 0 atom stereocenters. The van der Waals surface area contributed by atoms with Gasteiger partial charge < -0.3 is 20.2 Å². The SMILES string of the molecule is COc1cccc(Oc2ccc(C(=O)c3c[nH]c4ncc(Cl)c(N)c34)c(C)c2)c1F. The fraction of sp³-hybridized carbons (Fsp3) is 0.0909. The minimum Gasteiger partial charge on any atom is -0.494 e. The number of rotatable bonds is 5. The number of carbonyl (C=O) groups is 1. The number of nitrogens with zero attached hydrogens (tertiary/aromatic N) is 1. The van der Waals surface area contributed by atoms with Gasteiger partial charge in [-0.2, -0.15) is 4.39 Å². The molecule has 3 N–H and O–H groups in total. The first kappa shape index (κ1) is 19.7. The maximum absolute atomic E-state index is 14.3. The third-order valence-corrected chi connectivity index (χ3v) is 5.06. The summed E-state index contributed by atoms with van der Waals surface area (Å²) in [6.07, 6.45) is 2.99. The molecule has 0 unspecified atom stereocenters. The number of benzene rings is 2. The third-order valence-electron chi connectivity index (χ3n) is 4.76. The highest BCUT2D eigenvalue weighted by Crippen LogP contribution is 2.33. The monoisotopic (exact) mass is 425 g/mol. The average Bonchev–Trinajstić information content (AvgIpc) is 3.17. The number of hydrogen-bond donors (Lipinski definition) is 2. The number of nitrogens with two attached hydrogens (primary N) is 1. The number of halogens is 2. The number of carbonyl (C=O) groups excluding carboxylic acids is 1. The topological polar surface area (TPSA) is 90.2 Å². The Hall–Kier alpha value is -3.58. The summed E-state index contributed by atoms with van der Waals surface area (Å²) >= 11 is 6.06. The molecule has 0 saturated heterocycles. The predicted molar refractivity (Wildman–Crippen MR) is 113 cm³/mol. The Balaban J connectivity index is 1.68. The largest absolute Gasteiger partial charge is 0.494 e. The number of ether oxygens (including phenoxy) is 2. The number of H-pyrrole nitrogens is 1. The second-order valence-electron chi connectivity index (χ2n) is 6.63. The van der Waals surface area contributed by atoms with Gasteiger partial charge in [-0.1, -0.05) is 17.7 Å². The Labute approximate surface area is 176 Å². The van der Waals surface area contributed by atoms with E-state index in [1.54, 1.807) is 37.4 Å². The minimum absolute atomic E-state index is 0.0259. The Morgan fingerprint density at radius 3 is 2.70 bits per heavy atom. The van der Waals surface area contributed by atoms with Gasteiger partial charge >= 0.3 is 0 Å². The summed E-state index contributed by atoms with van der Waals surface area (Å²) in [6, 6.07) is 9.51. The van der Waals surface area contributed by atoms with E-state index in [9.17, 15) is 9.18 Å². The number of methoxy groups -OCH3 is 1. The zero-order valence-corrected chi connectivity index (χ0v) is 16.9. The van der Waals surface area contributed by atoms with Crippen LogP contribution in [0.1, 0.15) is 21.5 Å². The van der Waals surface area contributed by atoms with Gasteiger partial charge in [-0.15, -0.1) is 0 Å². The highest BCUT2D eigenvalue weighted by Gasteiger charge is 2.20. The normalized spacial score (nSPS) is 10.9. The molecule has 30 heavy (non-hydrogen) atoms. The lowest BCUT2D eigenvalue weighted by molar-refractivity contribution is 0.103. The molecule has 0 aliphatic carbocycles. The quantitative estimate of drug-likeness (QED) is 0.424. The molecule has 2 aromatic heterocycles. The molecule has 0 bridgehead atoms. The van der Waals surface area contributed by atoms with Gasteiger partial charge in [0.25, 0.3) is 0 Å². The van der Waals surface area contributed by atoms with Crippen molar-refractivity contribution in [3.63, 3.8) is 0 Å². The van der Waals surface area contributed by atoms with E-state index >= 15 is 0 Å². The average molecular weight is 426 g/mol. The predicted octanol–water partition coefficient (Wildman–Crippen LogP) is 5.28. The van der Waals surface area contributed by atoms with Crippen LogP contribution in [-0.2, 0) is 0 Å². The second-order valence-corrected chi connectivity index (χ2v) is 7.03. The van der Waals surface area contributed by atoms with Crippen LogP contribution >= 0.6 is 11.6 Å². The molecule has 0 fully saturated rings. The van der Waals surface area contributed by atoms with E-state index in [4.69, 9.17) is 26.8 Å². The molecule has 0 aliphatic heterocycles. The number of pyridine rings is 1. The molecule has 152 valence electrons. The summed E-state index contributed by atoms with van der Waals surface area (Å²) in [5.74, 6) is -0.345. The van der Waals surface area contributed by atoms with Gasteiger partial charge in [0.15, 0.2) is 17.3 Å². The van der Waals surface area contributed by atoms with E-state index in [0.717, 1.165) is 0 Å². The Morgan fingerprint density at radius 2 is 1.97 bits per heavy atom. The first-order valence-corrected chi connectivity index (χ1v) is 9.35. The lowest BCUT2D eigenvalue weighted by Gasteiger charge is -2.11. The van der Waals surface area contributed by atoms with Crippen molar-refractivity contribution in [3.05, 3.63) is 76.3 Å². The van der Waals surface area contributed by atoms with Gasteiger partial charge in [0.2, 0.25) is 5.82 Å². The number of anilines is 1. The maximum Gasteiger partial charge on any atom is 0.207 e. The Morgan fingerprint density at radius 1 is 1.20 bits per heavy atom. The Bertz CT molecular complexity index is 1290. The summed E-state index contributed by atoms with van der Waals surface area (Å²) in [5.41, 5.74) is 8.30. The fourth-order valence-corrected chi connectivity index (χ4v) is 3.37. The van der Waals surface area contributed by atoms with Gasteiger partial charge in [0, 0.05) is 11.8 Å². The standard InChI is InChI=1S/C22H17ClFN3O3/c1-11-8-12(30-17-5-3-4-16(29-2)19(17)24)6-7-13(11)21(28)14-9-26-22-18(14)20(25)15(23)10-27-22/h3-10H,1-2H3,(H3,25,26,27). The molecule has 0 aliphatic rings. The van der Waals surface area contributed by atoms with Crippen LogP contribution in [0.4, 0.5) is 10.1 Å². The third kappa shape index (κ3) is 3.33. The second kappa shape index (κ2) is 7.68. The van der Waals surface area contributed by atoms with Gasteiger partial charge in [-0.25, -0.2) is 4.98 Å². The molecule has 4 rings (SSSR count). The fourth-order valence-electron chi connectivity index (χ4n) is 3.23. The number of nitrogen functional groups attached to an aromatic ring is 1. The highest BCUT2D eigenvalue weighted by molar-refractivity contribution is 6.35. The molecule has 2 aromatic carbocycles. The summed E-state index contributed by atoms with van der Waals surface area (Å²) in [5, 5.41) is 0.752. The summed E-state index contributed by atoms with van der Waals surface area (Å²) in [4.78, 5) is 20.2. The number of aromatic amines is 1.